The monoisotopic (exact) mass is 617 g/mol. The maximum Gasteiger partial charge on any atom is 0.408 e. The van der Waals surface area contributed by atoms with E-state index < -0.39 is 71.2 Å². The van der Waals surface area contributed by atoms with Crippen molar-refractivity contribution in [1.29, 1.82) is 0 Å². The number of alkyl halides is 2. The number of carbonyl (C=O) groups excluding carboxylic acids is 2. The van der Waals surface area contributed by atoms with E-state index in [9.17, 15) is 19.5 Å². The Labute approximate surface area is 255 Å². The fourth-order valence-electron chi connectivity index (χ4n) is 6.77. The highest BCUT2D eigenvalue weighted by Gasteiger charge is 2.54. The predicted octanol–water partition coefficient (Wildman–Crippen LogP) is 5.90. The number of nitrogens with one attached hydrogen (secondary N) is 1. The Balaban J connectivity index is 1.59. The normalized spacial score (nSPS) is 30.9. The van der Waals surface area contributed by atoms with Gasteiger partial charge in [0.15, 0.2) is 11.5 Å². The summed E-state index contributed by atoms with van der Waals surface area (Å²) in [5.41, 5.74) is -0.849. The summed E-state index contributed by atoms with van der Waals surface area (Å²) in [5, 5.41) is 13.0. The summed E-state index contributed by atoms with van der Waals surface area (Å²) < 4.78 is 48.9. The molecule has 0 spiro atoms. The standard InChI is InChI=1S/C32H41F2N3O7/c1-6-18-23-15-19(24(18)29(39)40)25(38)26(31(2,3)4)37-30(41)44-22-13-16(22)9-7-8-12-32(33,34)27-28(43-23)36-21-14-17(42-5)10-11-20(21)35-27/h10-11,14,16,18-19,22-24,26H,6-9,12-13,15H2,1-5H3,(H,37,41)(H,39,40)/t16-,18-,19?,22-,23+,24-,26-/m1/s1. The number of aliphatic carboxylic acids is 1. The van der Waals surface area contributed by atoms with Crippen molar-refractivity contribution in [3.05, 3.63) is 23.9 Å². The molecule has 0 radical (unpaired) electrons. The lowest BCUT2D eigenvalue weighted by Gasteiger charge is -2.33. The van der Waals surface area contributed by atoms with Gasteiger partial charge in [-0.1, -0.05) is 34.1 Å². The van der Waals surface area contributed by atoms with Gasteiger partial charge in [0, 0.05) is 24.3 Å². The molecule has 2 aromatic rings. The van der Waals surface area contributed by atoms with Crippen LogP contribution in [-0.4, -0.2) is 58.3 Å². The van der Waals surface area contributed by atoms with Crippen molar-refractivity contribution in [3.8, 4) is 11.6 Å². The van der Waals surface area contributed by atoms with Gasteiger partial charge in [0.05, 0.1) is 30.1 Å². The van der Waals surface area contributed by atoms with E-state index in [-0.39, 0.29) is 41.8 Å². The Hall–Kier alpha value is -3.57. The number of rotatable bonds is 3. The van der Waals surface area contributed by atoms with Gasteiger partial charge in [-0.2, -0.15) is 8.78 Å². The third kappa shape index (κ3) is 6.44. The number of alkyl carbamates (subject to hydrolysis) is 1. The van der Waals surface area contributed by atoms with Crippen LogP contribution in [0.4, 0.5) is 13.6 Å². The number of carboxylic acid groups (broad SMARTS) is 1. The van der Waals surface area contributed by atoms with Crippen molar-refractivity contribution in [3.63, 3.8) is 0 Å². The van der Waals surface area contributed by atoms with Crippen molar-refractivity contribution >= 4 is 28.9 Å². The number of nitrogens with zero attached hydrogens (tertiary/aromatic N) is 2. The van der Waals surface area contributed by atoms with E-state index in [1.54, 1.807) is 45.9 Å². The molecule has 1 unspecified atom stereocenters. The number of ketones is 1. The second-order valence-corrected chi connectivity index (χ2v) is 13.4. The lowest BCUT2D eigenvalue weighted by Crippen LogP contribution is -2.52. The van der Waals surface area contributed by atoms with E-state index in [1.165, 1.54) is 7.11 Å². The number of hydrogen-bond acceptors (Lipinski definition) is 8. The second-order valence-electron chi connectivity index (χ2n) is 13.4. The van der Waals surface area contributed by atoms with Gasteiger partial charge >= 0.3 is 12.1 Å². The predicted molar refractivity (Wildman–Crippen MR) is 156 cm³/mol. The van der Waals surface area contributed by atoms with E-state index in [0.717, 1.165) is 0 Å². The van der Waals surface area contributed by atoms with E-state index in [0.29, 0.717) is 31.4 Å². The van der Waals surface area contributed by atoms with Crippen LogP contribution in [0.25, 0.3) is 11.0 Å². The molecule has 2 fully saturated rings. The highest BCUT2D eigenvalue weighted by molar-refractivity contribution is 5.93. The number of amides is 1. The SMILES string of the molecule is CC[C@@H]1[C@@H]2CC(C(=O)[C@H](C(C)(C)C)NC(=O)O[C@@H]3C[C@H]3CCCCC(F)(F)c3nc4ccc(OC)cc4nc3O2)[C@@H]1C(=O)O. The van der Waals surface area contributed by atoms with Crippen LogP contribution in [0.3, 0.4) is 0 Å². The lowest BCUT2D eigenvalue weighted by atomic mass is 9.76. The summed E-state index contributed by atoms with van der Waals surface area (Å²) >= 11 is 0. The minimum absolute atomic E-state index is 0.0504. The fraction of sp³-hybridized carbons (Fsp3) is 0.656. The average Bonchev–Trinajstić information content (AvgIpc) is 3.58. The van der Waals surface area contributed by atoms with Crippen molar-refractivity contribution in [2.24, 2.45) is 29.1 Å². The molecule has 1 aromatic carbocycles. The number of ether oxygens (including phenoxy) is 3. The Morgan fingerprint density at radius 3 is 2.52 bits per heavy atom. The third-order valence-corrected chi connectivity index (χ3v) is 9.27. The molecular weight excluding hydrogens is 576 g/mol. The van der Waals surface area contributed by atoms with E-state index in [4.69, 9.17) is 14.2 Å². The molecular formula is C32H41F2N3O7. The van der Waals surface area contributed by atoms with Crippen LogP contribution in [0.5, 0.6) is 11.6 Å². The van der Waals surface area contributed by atoms with Gasteiger partial charge in [-0.25, -0.2) is 14.8 Å². The van der Waals surface area contributed by atoms with Gasteiger partial charge in [0.25, 0.3) is 5.92 Å². The van der Waals surface area contributed by atoms with Crippen LogP contribution in [0.15, 0.2) is 18.2 Å². The molecule has 2 heterocycles. The summed E-state index contributed by atoms with van der Waals surface area (Å²) in [6.07, 6.45) is -0.293. The first kappa shape index (κ1) is 31.8. The Morgan fingerprint density at radius 1 is 1.11 bits per heavy atom. The molecule has 2 bridgehead atoms. The van der Waals surface area contributed by atoms with Crippen molar-refractivity contribution in [1.82, 2.24) is 15.3 Å². The summed E-state index contributed by atoms with van der Waals surface area (Å²) in [6.45, 7) is 7.12. The topological polar surface area (TPSA) is 137 Å². The quantitative estimate of drug-likeness (QED) is 0.431. The molecule has 1 amide bonds. The highest BCUT2D eigenvalue weighted by Crippen LogP contribution is 2.46. The van der Waals surface area contributed by atoms with E-state index in [1.807, 2.05) is 0 Å². The number of carboxylic acids is 1. The van der Waals surface area contributed by atoms with Crippen LogP contribution >= 0.6 is 0 Å². The average molecular weight is 618 g/mol. The molecule has 1 aliphatic heterocycles. The highest BCUT2D eigenvalue weighted by atomic mass is 19.3. The van der Waals surface area contributed by atoms with Crippen LogP contribution in [0.2, 0.25) is 0 Å². The maximum atomic E-state index is 15.9. The van der Waals surface area contributed by atoms with Crippen molar-refractivity contribution in [2.75, 3.05) is 7.11 Å². The number of carbonyl (C=O) groups is 3. The van der Waals surface area contributed by atoms with E-state index >= 15 is 8.78 Å². The van der Waals surface area contributed by atoms with Crippen LogP contribution in [0.1, 0.15) is 78.3 Å². The molecule has 44 heavy (non-hydrogen) atoms. The Kier molecular flexibility index (Phi) is 8.74. The van der Waals surface area contributed by atoms with Gasteiger partial charge in [-0.05, 0) is 55.6 Å². The smallest absolute Gasteiger partial charge is 0.408 e. The van der Waals surface area contributed by atoms with Gasteiger partial charge in [-0.15, -0.1) is 0 Å². The minimum Gasteiger partial charge on any atom is -0.497 e. The van der Waals surface area contributed by atoms with Crippen LogP contribution in [-0.2, 0) is 20.2 Å². The number of methoxy groups -OCH3 is 1. The van der Waals surface area contributed by atoms with Gasteiger partial charge in [-0.3, -0.25) is 9.59 Å². The molecule has 2 N–H and O–H groups in total. The zero-order chi connectivity index (χ0) is 32.0. The first-order valence-corrected chi connectivity index (χ1v) is 15.4. The van der Waals surface area contributed by atoms with Crippen molar-refractivity contribution < 1.29 is 42.5 Å². The fourth-order valence-corrected chi connectivity index (χ4v) is 6.77. The molecule has 0 saturated heterocycles. The summed E-state index contributed by atoms with van der Waals surface area (Å²) in [6, 6.07) is 3.69. The Bertz CT molecular complexity index is 1430. The molecule has 1 aromatic heterocycles. The first-order chi connectivity index (χ1) is 20.7. The molecule has 3 aliphatic rings. The molecule has 240 valence electrons. The summed E-state index contributed by atoms with van der Waals surface area (Å²) in [7, 11) is 1.48. The number of benzene rings is 1. The largest absolute Gasteiger partial charge is 0.497 e. The molecule has 2 saturated carbocycles. The summed E-state index contributed by atoms with van der Waals surface area (Å²) in [5.74, 6) is -7.79. The number of hydrogen-bond donors (Lipinski definition) is 2. The first-order valence-electron chi connectivity index (χ1n) is 15.4. The Morgan fingerprint density at radius 2 is 1.86 bits per heavy atom. The molecule has 2 aliphatic carbocycles. The lowest BCUT2D eigenvalue weighted by molar-refractivity contribution is -0.148. The van der Waals surface area contributed by atoms with Crippen LogP contribution < -0.4 is 14.8 Å². The zero-order valence-electron chi connectivity index (χ0n) is 25.8. The zero-order valence-corrected chi connectivity index (χ0v) is 25.8. The number of aromatic nitrogens is 2. The second kappa shape index (κ2) is 12.1. The van der Waals surface area contributed by atoms with Gasteiger partial charge in [0.2, 0.25) is 5.88 Å². The number of Topliss-reactive ketones (excluding diaryl/α,β-unsaturated/α-hetero) is 1. The molecule has 10 nitrogen and oxygen atoms in total. The summed E-state index contributed by atoms with van der Waals surface area (Å²) in [4.78, 5) is 48.4. The van der Waals surface area contributed by atoms with Crippen LogP contribution in [0, 0.1) is 29.1 Å². The van der Waals surface area contributed by atoms with Gasteiger partial charge < -0.3 is 24.6 Å². The minimum atomic E-state index is -3.39. The molecule has 5 rings (SSSR count). The molecule has 12 heteroatoms. The molecule has 7 atom stereocenters. The maximum absolute atomic E-state index is 15.9. The number of halogens is 2. The number of fused-ring (bicyclic) bond motifs is 5. The van der Waals surface area contributed by atoms with E-state index in [2.05, 4.69) is 15.3 Å². The van der Waals surface area contributed by atoms with Crippen molar-refractivity contribution in [2.45, 2.75) is 96.8 Å². The van der Waals surface area contributed by atoms with Gasteiger partial charge in [0.1, 0.15) is 18.0 Å². The third-order valence-electron chi connectivity index (χ3n) is 9.27.